The number of hydrogen-bond acceptors (Lipinski definition) is 4. The van der Waals surface area contributed by atoms with E-state index in [9.17, 15) is 9.59 Å². The van der Waals surface area contributed by atoms with Gasteiger partial charge in [-0.25, -0.2) is 4.79 Å². The molecule has 5 heteroatoms. The molecule has 1 saturated carbocycles. The molecule has 1 amide bonds. The standard InChI is InChI=1S/C21H23NO4/c1-14-8-11-18(12-15(14)2)25-13-19(23)26-20(16-6-4-3-5-7-16)21(24)22-17-9-10-17/h3-8,11-12,17,20H,9-10,13H2,1-2H3,(H,22,24). The van der Waals surface area contributed by atoms with E-state index in [0.717, 1.165) is 24.0 Å². The normalized spacial score (nSPS) is 14.4. The fraction of sp³-hybridized carbons (Fsp3) is 0.333. The van der Waals surface area contributed by atoms with Crippen LogP contribution in [-0.4, -0.2) is 24.5 Å². The summed E-state index contributed by atoms with van der Waals surface area (Å²) in [5, 5.41) is 2.89. The molecule has 0 aliphatic heterocycles. The number of ether oxygens (including phenoxy) is 2. The van der Waals surface area contributed by atoms with Crippen molar-refractivity contribution < 1.29 is 19.1 Å². The van der Waals surface area contributed by atoms with Gasteiger partial charge in [0.2, 0.25) is 6.10 Å². The van der Waals surface area contributed by atoms with E-state index in [-0.39, 0.29) is 18.6 Å². The Kier molecular flexibility index (Phi) is 5.56. The average molecular weight is 353 g/mol. The zero-order valence-electron chi connectivity index (χ0n) is 15.0. The minimum absolute atomic E-state index is 0.194. The molecule has 5 nitrogen and oxygen atoms in total. The largest absolute Gasteiger partial charge is 0.482 e. The fourth-order valence-electron chi connectivity index (χ4n) is 2.52. The summed E-state index contributed by atoms with van der Waals surface area (Å²) in [7, 11) is 0. The molecule has 1 fully saturated rings. The van der Waals surface area contributed by atoms with Crippen LogP contribution in [-0.2, 0) is 14.3 Å². The molecule has 1 atom stereocenters. The highest BCUT2D eigenvalue weighted by Crippen LogP contribution is 2.23. The van der Waals surface area contributed by atoms with E-state index in [1.807, 2.05) is 50.2 Å². The minimum Gasteiger partial charge on any atom is -0.482 e. The number of aryl methyl sites for hydroxylation is 2. The number of benzene rings is 2. The van der Waals surface area contributed by atoms with E-state index in [1.54, 1.807) is 12.1 Å². The first-order chi connectivity index (χ1) is 12.5. The van der Waals surface area contributed by atoms with Crippen molar-refractivity contribution in [1.29, 1.82) is 0 Å². The molecule has 26 heavy (non-hydrogen) atoms. The van der Waals surface area contributed by atoms with Gasteiger partial charge in [0.15, 0.2) is 6.61 Å². The molecule has 3 rings (SSSR count). The fourth-order valence-corrected chi connectivity index (χ4v) is 2.52. The maximum absolute atomic E-state index is 12.5. The summed E-state index contributed by atoms with van der Waals surface area (Å²) in [6, 6.07) is 14.8. The van der Waals surface area contributed by atoms with E-state index >= 15 is 0 Å². The quantitative estimate of drug-likeness (QED) is 0.776. The SMILES string of the molecule is Cc1ccc(OCC(=O)OC(C(=O)NC2CC2)c2ccccc2)cc1C. The summed E-state index contributed by atoms with van der Waals surface area (Å²) in [6.45, 7) is 3.74. The number of carbonyl (C=O) groups excluding carboxylic acids is 2. The van der Waals surface area contributed by atoms with Gasteiger partial charge in [0.25, 0.3) is 5.91 Å². The second kappa shape index (κ2) is 8.04. The Bertz CT molecular complexity index is 784. The third-order valence-electron chi connectivity index (χ3n) is 4.35. The predicted octanol–water partition coefficient (Wildman–Crippen LogP) is 3.25. The number of esters is 1. The lowest BCUT2D eigenvalue weighted by Crippen LogP contribution is -2.34. The lowest BCUT2D eigenvalue weighted by Gasteiger charge is -2.18. The highest BCUT2D eigenvalue weighted by Gasteiger charge is 2.30. The molecule has 1 aliphatic carbocycles. The molecule has 0 saturated heterocycles. The summed E-state index contributed by atoms with van der Waals surface area (Å²) in [6.07, 6.45) is 0.974. The molecule has 0 radical (unpaired) electrons. The Balaban J connectivity index is 1.62. The van der Waals surface area contributed by atoms with Crippen molar-refractivity contribution in [1.82, 2.24) is 5.32 Å². The first kappa shape index (κ1) is 18.0. The zero-order valence-corrected chi connectivity index (χ0v) is 15.0. The summed E-state index contributed by atoms with van der Waals surface area (Å²) < 4.78 is 10.9. The van der Waals surface area contributed by atoms with Crippen molar-refractivity contribution >= 4 is 11.9 Å². The van der Waals surface area contributed by atoms with Gasteiger partial charge < -0.3 is 14.8 Å². The molecular weight excluding hydrogens is 330 g/mol. The van der Waals surface area contributed by atoms with Crippen LogP contribution in [0.2, 0.25) is 0 Å². The molecule has 0 aromatic heterocycles. The van der Waals surface area contributed by atoms with Gasteiger partial charge in [-0.1, -0.05) is 36.4 Å². The van der Waals surface area contributed by atoms with Crippen molar-refractivity contribution in [3.63, 3.8) is 0 Å². The Morgan fingerprint density at radius 3 is 2.46 bits per heavy atom. The van der Waals surface area contributed by atoms with Gasteiger partial charge in [0.1, 0.15) is 5.75 Å². The Morgan fingerprint density at radius 1 is 1.08 bits per heavy atom. The van der Waals surface area contributed by atoms with Gasteiger partial charge in [-0.15, -0.1) is 0 Å². The molecule has 136 valence electrons. The van der Waals surface area contributed by atoms with Gasteiger partial charge in [0, 0.05) is 11.6 Å². The second-order valence-corrected chi connectivity index (χ2v) is 6.60. The van der Waals surface area contributed by atoms with Crippen LogP contribution in [0.25, 0.3) is 0 Å². The molecule has 1 unspecified atom stereocenters. The van der Waals surface area contributed by atoms with Gasteiger partial charge in [-0.3, -0.25) is 4.79 Å². The minimum atomic E-state index is -0.965. The number of rotatable bonds is 7. The second-order valence-electron chi connectivity index (χ2n) is 6.60. The Labute approximate surface area is 153 Å². The van der Waals surface area contributed by atoms with Crippen molar-refractivity contribution in [3.05, 3.63) is 65.2 Å². The number of hydrogen-bond donors (Lipinski definition) is 1. The van der Waals surface area contributed by atoms with Gasteiger partial charge in [0.05, 0.1) is 0 Å². The lowest BCUT2D eigenvalue weighted by atomic mass is 10.1. The molecule has 1 N–H and O–H groups in total. The van der Waals surface area contributed by atoms with Crippen molar-refractivity contribution in [2.45, 2.75) is 38.8 Å². The molecule has 0 spiro atoms. The predicted molar refractivity (Wildman–Crippen MR) is 97.9 cm³/mol. The van der Waals surface area contributed by atoms with Gasteiger partial charge in [-0.05, 0) is 49.9 Å². The summed E-state index contributed by atoms with van der Waals surface area (Å²) in [5.74, 6) is -0.273. The average Bonchev–Trinajstić information content (AvgIpc) is 3.45. The van der Waals surface area contributed by atoms with E-state index < -0.39 is 12.1 Å². The summed E-state index contributed by atoms with van der Waals surface area (Å²) in [4.78, 5) is 24.7. The number of amides is 1. The van der Waals surface area contributed by atoms with Crippen LogP contribution >= 0.6 is 0 Å². The van der Waals surface area contributed by atoms with E-state index in [0.29, 0.717) is 11.3 Å². The highest BCUT2D eigenvalue weighted by atomic mass is 16.6. The maximum Gasteiger partial charge on any atom is 0.345 e. The third kappa shape index (κ3) is 4.85. The molecule has 0 heterocycles. The summed E-state index contributed by atoms with van der Waals surface area (Å²) in [5.41, 5.74) is 2.88. The van der Waals surface area contributed by atoms with Crippen molar-refractivity contribution in [2.75, 3.05) is 6.61 Å². The van der Waals surface area contributed by atoms with Gasteiger partial charge in [-0.2, -0.15) is 0 Å². The molecular formula is C21H23NO4. The lowest BCUT2D eigenvalue weighted by molar-refractivity contribution is -0.158. The highest BCUT2D eigenvalue weighted by molar-refractivity contribution is 5.85. The maximum atomic E-state index is 12.5. The van der Waals surface area contributed by atoms with Crippen molar-refractivity contribution in [3.8, 4) is 5.75 Å². The number of carbonyl (C=O) groups is 2. The van der Waals surface area contributed by atoms with Crippen LogP contribution in [0.3, 0.4) is 0 Å². The van der Waals surface area contributed by atoms with Crippen LogP contribution in [0, 0.1) is 13.8 Å². The topological polar surface area (TPSA) is 64.6 Å². The first-order valence-corrected chi connectivity index (χ1v) is 8.78. The van der Waals surface area contributed by atoms with E-state index in [4.69, 9.17) is 9.47 Å². The smallest absolute Gasteiger partial charge is 0.345 e. The van der Waals surface area contributed by atoms with Crippen LogP contribution < -0.4 is 10.1 Å². The third-order valence-corrected chi connectivity index (χ3v) is 4.35. The zero-order chi connectivity index (χ0) is 18.5. The number of nitrogens with one attached hydrogen (secondary N) is 1. The molecule has 1 aliphatic rings. The van der Waals surface area contributed by atoms with Gasteiger partial charge >= 0.3 is 5.97 Å². The van der Waals surface area contributed by atoms with E-state index in [1.165, 1.54) is 0 Å². The van der Waals surface area contributed by atoms with Crippen molar-refractivity contribution in [2.24, 2.45) is 0 Å². The van der Waals surface area contributed by atoms with Crippen LogP contribution in [0.4, 0.5) is 0 Å². The monoisotopic (exact) mass is 353 g/mol. The van der Waals surface area contributed by atoms with Crippen LogP contribution in [0.5, 0.6) is 5.75 Å². The van der Waals surface area contributed by atoms with E-state index in [2.05, 4.69) is 5.32 Å². The molecule has 2 aromatic carbocycles. The van der Waals surface area contributed by atoms with Crippen LogP contribution in [0.1, 0.15) is 35.6 Å². The molecule has 0 bridgehead atoms. The summed E-state index contributed by atoms with van der Waals surface area (Å²) >= 11 is 0. The molecule has 2 aromatic rings. The first-order valence-electron chi connectivity index (χ1n) is 8.78. The van der Waals surface area contributed by atoms with Crippen LogP contribution in [0.15, 0.2) is 48.5 Å². The Hall–Kier alpha value is -2.82. The Morgan fingerprint density at radius 2 is 1.81 bits per heavy atom.